The molecule has 5 nitrogen and oxygen atoms in total. The Morgan fingerprint density at radius 2 is 2.21 bits per heavy atom. The lowest BCUT2D eigenvalue weighted by Gasteiger charge is -2.15. The average Bonchev–Trinajstić information content (AvgIpc) is 2.50. The van der Waals surface area contributed by atoms with Crippen molar-refractivity contribution in [3.05, 3.63) is 11.3 Å². The molecule has 1 aliphatic heterocycles. The van der Waals surface area contributed by atoms with Crippen LogP contribution in [0.5, 0.6) is 0 Å². The van der Waals surface area contributed by atoms with E-state index < -0.39 is 0 Å². The number of ether oxygens (including phenoxy) is 1. The second-order valence-corrected chi connectivity index (χ2v) is 2.78. The third-order valence-corrected chi connectivity index (χ3v) is 1.95. The van der Waals surface area contributed by atoms with Gasteiger partial charge in [0.25, 0.3) is 0 Å². The molecule has 0 aromatic carbocycles. The van der Waals surface area contributed by atoms with Crippen molar-refractivity contribution in [2.75, 3.05) is 26.8 Å². The normalized spacial score (nSPS) is 15.6. The lowest BCUT2D eigenvalue weighted by molar-refractivity contribution is -0.114. The summed E-state index contributed by atoms with van der Waals surface area (Å²) in [6, 6.07) is 3.61. The molecule has 5 heteroatoms. The standard InChI is InChI=1S/C9H9N3O2/c1-14-3-2-12-6-9(13)7(4-10)8(12)5-11/h2-3,6H2,1H3. The first-order chi connectivity index (χ1) is 6.74. The molecule has 1 aliphatic rings. The lowest BCUT2D eigenvalue weighted by Crippen LogP contribution is -2.25. The van der Waals surface area contributed by atoms with Gasteiger partial charge in [-0.15, -0.1) is 0 Å². The highest BCUT2D eigenvalue weighted by Crippen LogP contribution is 2.18. The van der Waals surface area contributed by atoms with Crippen LogP contribution in [-0.2, 0) is 9.53 Å². The van der Waals surface area contributed by atoms with Gasteiger partial charge in [-0.2, -0.15) is 10.5 Å². The molecule has 0 atom stereocenters. The molecule has 0 spiro atoms. The highest BCUT2D eigenvalue weighted by Gasteiger charge is 2.29. The van der Waals surface area contributed by atoms with Crippen LogP contribution in [-0.4, -0.2) is 37.5 Å². The molecule has 0 N–H and O–H groups in total. The molecule has 0 saturated heterocycles. The van der Waals surface area contributed by atoms with E-state index in [2.05, 4.69) is 0 Å². The molecule has 0 amide bonds. The Morgan fingerprint density at radius 3 is 2.71 bits per heavy atom. The van der Waals surface area contributed by atoms with Crippen molar-refractivity contribution in [2.24, 2.45) is 0 Å². The van der Waals surface area contributed by atoms with Gasteiger partial charge in [0.1, 0.15) is 23.4 Å². The maximum atomic E-state index is 11.2. The Balaban J connectivity index is 2.85. The maximum Gasteiger partial charge on any atom is 0.195 e. The molecule has 0 fully saturated rings. The summed E-state index contributed by atoms with van der Waals surface area (Å²) in [7, 11) is 1.54. The number of nitrogens with zero attached hydrogens (tertiary/aromatic N) is 3. The van der Waals surface area contributed by atoms with Crippen molar-refractivity contribution in [2.45, 2.75) is 0 Å². The minimum absolute atomic E-state index is 0.0383. The number of carbonyl (C=O) groups excluding carboxylic acids is 1. The number of ketones is 1. The van der Waals surface area contributed by atoms with Crippen molar-refractivity contribution in [1.82, 2.24) is 4.90 Å². The molecule has 0 aliphatic carbocycles. The summed E-state index contributed by atoms with van der Waals surface area (Å²) in [6.45, 7) is 0.989. The van der Waals surface area contributed by atoms with Crippen molar-refractivity contribution in [3.63, 3.8) is 0 Å². The van der Waals surface area contributed by atoms with E-state index in [1.54, 1.807) is 18.1 Å². The molecular weight excluding hydrogens is 182 g/mol. The van der Waals surface area contributed by atoms with E-state index in [1.807, 2.05) is 6.07 Å². The van der Waals surface area contributed by atoms with Crippen LogP contribution in [0, 0.1) is 22.7 Å². The van der Waals surface area contributed by atoms with Crippen LogP contribution < -0.4 is 0 Å². The fourth-order valence-electron chi connectivity index (χ4n) is 1.26. The number of nitriles is 2. The molecule has 72 valence electrons. The van der Waals surface area contributed by atoms with Gasteiger partial charge in [-0.25, -0.2) is 0 Å². The Morgan fingerprint density at radius 1 is 1.50 bits per heavy atom. The van der Waals surface area contributed by atoms with E-state index >= 15 is 0 Å². The molecule has 1 rings (SSSR count). The van der Waals surface area contributed by atoms with Gasteiger partial charge in [0.05, 0.1) is 13.2 Å². The van der Waals surface area contributed by atoms with Crippen molar-refractivity contribution in [3.8, 4) is 12.1 Å². The van der Waals surface area contributed by atoms with Crippen molar-refractivity contribution in [1.29, 1.82) is 10.5 Å². The fraction of sp³-hybridized carbons (Fsp3) is 0.444. The molecule has 0 radical (unpaired) electrons. The highest BCUT2D eigenvalue weighted by molar-refractivity contribution is 6.04. The second kappa shape index (κ2) is 4.40. The smallest absolute Gasteiger partial charge is 0.195 e. The average molecular weight is 191 g/mol. The minimum atomic E-state index is -0.292. The van der Waals surface area contributed by atoms with Gasteiger partial charge in [0.15, 0.2) is 5.78 Å². The minimum Gasteiger partial charge on any atom is -0.383 e. The monoisotopic (exact) mass is 191 g/mol. The number of allylic oxidation sites excluding steroid dienone is 1. The number of rotatable bonds is 3. The van der Waals surface area contributed by atoms with Gasteiger partial charge >= 0.3 is 0 Å². The van der Waals surface area contributed by atoms with E-state index in [0.29, 0.717) is 13.2 Å². The van der Waals surface area contributed by atoms with Crippen LogP contribution in [0.3, 0.4) is 0 Å². The summed E-state index contributed by atoms with van der Waals surface area (Å²) in [5.41, 5.74) is 0.123. The van der Waals surface area contributed by atoms with Gasteiger partial charge in [-0.1, -0.05) is 0 Å². The summed E-state index contributed by atoms with van der Waals surface area (Å²) in [5.74, 6) is -0.292. The van der Waals surface area contributed by atoms with E-state index in [9.17, 15) is 4.79 Å². The number of carbonyl (C=O) groups is 1. The van der Waals surface area contributed by atoms with Gasteiger partial charge in [-0.05, 0) is 0 Å². The second-order valence-electron chi connectivity index (χ2n) is 2.78. The Labute approximate surface area is 81.8 Å². The molecule has 0 saturated carbocycles. The third kappa shape index (κ3) is 1.73. The summed E-state index contributed by atoms with van der Waals surface area (Å²) >= 11 is 0. The lowest BCUT2D eigenvalue weighted by atomic mass is 10.2. The molecule has 0 bridgehead atoms. The van der Waals surface area contributed by atoms with Crippen LogP contribution >= 0.6 is 0 Å². The zero-order valence-electron chi connectivity index (χ0n) is 7.78. The van der Waals surface area contributed by atoms with Crippen LogP contribution in [0.1, 0.15) is 0 Å². The van der Waals surface area contributed by atoms with Crippen molar-refractivity contribution < 1.29 is 9.53 Å². The first kappa shape index (κ1) is 10.2. The first-order valence-electron chi connectivity index (χ1n) is 4.06. The molecule has 14 heavy (non-hydrogen) atoms. The van der Waals surface area contributed by atoms with E-state index in [-0.39, 0.29) is 23.6 Å². The zero-order valence-corrected chi connectivity index (χ0v) is 7.78. The Hall–Kier alpha value is -1.85. The van der Waals surface area contributed by atoms with Crippen molar-refractivity contribution >= 4 is 5.78 Å². The number of Topliss-reactive ketones (excluding diaryl/α,β-unsaturated/α-hetero) is 1. The summed E-state index contributed by atoms with van der Waals surface area (Å²) in [5, 5.41) is 17.4. The third-order valence-electron chi connectivity index (χ3n) is 1.95. The zero-order chi connectivity index (χ0) is 10.6. The molecule has 0 aromatic rings. The van der Waals surface area contributed by atoms with E-state index in [1.165, 1.54) is 0 Å². The van der Waals surface area contributed by atoms with Crippen LogP contribution in [0.4, 0.5) is 0 Å². The van der Waals surface area contributed by atoms with E-state index in [4.69, 9.17) is 15.3 Å². The SMILES string of the molecule is COCCN1CC(=O)C(C#N)=C1C#N. The molecular formula is C9H9N3O2. The predicted octanol–water partition coefficient (Wildman–Crippen LogP) is -0.181. The summed E-state index contributed by atoms with van der Waals surface area (Å²) < 4.78 is 4.83. The van der Waals surface area contributed by atoms with Crippen LogP contribution in [0.15, 0.2) is 11.3 Å². The van der Waals surface area contributed by atoms with E-state index in [0.717, 1.165) is 0 Å². The maximum absolute atomic E-state index is 11.2. The fourth-order valence-corrected chi connectivity index (χ4v) is 1.26. The predicted molar refractivity (Wildman–Crippen MR) is 46.7 cm³/mol. The van der Waals surface area contributed by atoms with Gasteiger partial charge in [0, 0.05) is 13.7 Å². The Kier molecular flexibility index (Phi) is 3.22. The topological polar surface area (TPSA) is 77.1 Å². The number of methoxy groups -OCH3 is 1. The van der Waals surface area contributed by atoms with Gasteiger partial charge < -0.3 is 9.64 Å². The van der Waals surface area contributed by atoms with Gasteiger partial charge in [-0.3, -0.25) is 4.79 Å². The quantitative estimate of drug-likeness (QED) is 0.618. The molecule has 0 aromatic heterocycles. The molecule has 1 heterocycles. The summed E-state index contributed by atoms with van der Waals surface area (Å²) in [4.78, 5) is 12.8. The highest BCUT2D eigenvalue weighted by atomic mass is 16.5. The Bertz CT molecular complexity index is 359. The van der Waals surface area contributed by atoms with Crippen LogP contribution in [0.2, 0.25) is 0 Å². The van der Waals surface area contributed by atoms with Gasteiger partial charge in [0.2, 0.25) is 0 Å². The summed E-state index contributed by atoms with van der Waals surface area (Å²) in [6.07, 6.45) is 0. The number of hydrogen-bond acceptors (Lipinski definition) is 5. The van der Waals surface area contributed by atoms with Crippen LogP contribution in [0.25, 0.3) is 0 Å². The largest absolute Gasteiger partial charge is 0.383 e. The first-order valence-corrected chi connectivity index (χ1v) is 4.06. The number of hydrogen-bond donors (Lipinski definition) is 0. The molecule has 0 unspecified atom stereocenters.